The second-order valence-electron chi connectivity index (χ2n) is 5.73. The molecule has 1 unspecified atom stereocenters. The maximum Gasteiger partial charge on any atom is 0.639 e. The summed E-state index contributed by atoms with van der Waals surface area (Å²) in [6.45, 7) is 12.2. The van der Waals surface area contributed by atoms with Crippen LogP contribution < -0.4 is 0 Å². The molecule has 0 aromatic rings. The van der Waals surface area contributed by atoms with E-state index in [-0.39, 0.29) is 19.1 Å². The van der Waals surface area contributed by atoms with Crippen molar-refractivity contribution in [2.75, 3.05) is 52.9 Å². The van der Waals surface area contributed by atoms with Crippen molar-refractivity contribution in [1.29, 1.82) is 0 Å². The molecule has 22 heavy (non-hydrogen) atoms. The highest BCUT2D eigenvalue weighted by Crippen LogP contribution is 2.19. The van der Waals surface area contributed by atoms with Crippen LogP contribution in [0, 0.1) is 11.3 Å². The van der Waals surface area contributed by atoms with Crippen molar-refractivity contribution >= 4 is 7.32 Å². The Morgan fingerprint density at radius 3 is 2.41 bits per heavy atom. The lowest BCUT2D eigenvalue weighted by Crippen LogP contribution is -2.43. The first-order valence-corrected chi connectivity index (χ1v) is 7.46. The Morgan fingerprint density at radius 2 is 1.82 bits per heavy atom. The molecule has 0 bridgehead atoms. The minimum atomic E-state index is -0.707. The van der Waals surface area contributed by atoms with Gasteiger partial charge in [0.25, 0.3) is 0 Å². The van der Waals surface area contributed by atoms with Gasteiger partial charge in [0.2, 0.25) is 0 Å². The van der Waals surface area contributed by atoms with Gasteiger partial charge in [-0.25, -0.2) is 0 Å². The van der Waals surface area contributed by atoms with Crippen LogP contribution in [-0.2, 0) is 23.4 Å². The molecule has 1 aliphatic heterocycles. The highest BCUT2D eigenvalue weighted by atomic mass is 16.7. The number of hydrogen-bond donors (Lipinski definition) is 1. The average Bonchev–Trinajstić information content (AvgIpc) is 2.55. The summed E-state index contributed by atoms with van der Waals surface area (Å²) in [5.41, 5.74) is -0.500. The summed E-state index contributed by atoms with van der Waals surface area (Å²) >= 11 is 0. The normalized spacial score (nSPS) is 18.9. The fourth-order valence-corrected chi connectivity index (χ4v) is 1.83. The Hall–Kier alpha value is -0.695. The number of hydrogen-bond acceptors (Lipinski definition) is 6. The van der Waals surface area contributed by atoms with E-state index in [1.807, 2.05) is 6.92 Å². The van der Waals surface area contributed by atoms with E-state index < -0.39 is 12.7 Å². The summed E-state index contributed by atoms with van der Waals surface area (Å²) < 4.78 is 27.3. The van der Waals surface area contributed by atoms with Gasteiger partial charge in [-0.1, -0.05) is 19.1 Å². The van der Waals surface area contributed by atoms with Gasteiger partial charge in [0, 0.05) is 31.2 Å². The first-order chi connectivity index (χ1) is 10.6. The van der Waals surface area contributed by atoms with Crippen LogP contribution in [0.15, 0.2) is 25.3 Å². The van der Waals surface area contributed by atoms with Crippen molar-refractivity contribution in [3.8, 4) is 0 Å². The molecule has 0 spiro atoms. The fourth-order valence-electron chi connectivity index (χ4n) is 1.83. The molecule has 7 heteroatoms. The van der Waals surface area contributed by atoms with Crippen molar-refractivity contribution in [3.05, 3.63) is 25.3 Å². The van der Waals surface area contributed by atoms with Crippen LogP contribution >= 0.6 is 0 Å². The van der Waals surface area contributed by atoms with Gasteiger partial charge in [0.1, 0.15) is 0 Å². The van der Waals surface area contributed by atoms with E-state index in [2.05, 4.69) is 13.2 Å². The molecule has 0 aromatic heterocycles. The highest BCUT2D eigenvalue weighted by Gasteiger charge is 2.33. The summed E-state index contributed by atoms with van der Waals surface area (Å²) in [5, 5.41) is 9.48. The molecule has 1 N–H and O–H groups in total. The number of ether oxygens (including phenoxy) is 2. The molecule has 0 aromatic carbocycles. The molecule has 1 fully saturated rings. The van der Waals surface area contributed by atoms with E-state index in [0.29, 0.717) is 39.6 Å². The average molecular weight is 314 g/mol. The third-order valence-electron chi connectivity index (χ3n) is 3.16. The molecule has 1 atom stereocenters. The molecule has 1 aliphatic rings. The lowest BCUT2D eigenvalue weighted by atomic mass is 9.93. The van der Waals surface area contributed by atoms with Gasteiger partial charge in [-0.2, -0.15) is 0 Å². The highest BCUT2D eigenvalue weighted by molar-refractivity contribution is 6.36. The Balaban J connectivity index is 2.21. The number of aliphatic hydroxyl groups excluding tert-OH is 1. The van der Waals surface area contributed by atoms with Gasteiger partial charge in [-0.05, 0) is 0 Å². The molecule has 0 radical (unpaired) electrons. The van der Waals surface area contributed by atoms with E-state index in [1.165, 1.54) is 0 Å². The largest absolute Gasteiger partial charge is 0.639 e. The van der Waals surface area contributed by atoms with Crippen molar-refractivity contribution < 1.29 is 28.5 Å². The van der Waals surface area contributed by atoms with E-state index in [9.17, 15) is 5.11 Å². The first kappa shape index (κ1) is 19.4. The van der Waals surface area contributed by atoms with Crippen molar-refractivity contribution in [2.24, 2.45) is 11.3 Å². The smallest absolute Gasteiger partial charge is 0.396 e. The monoisotopic (exact) mass is 314 g/mol. The molecule has 0 saturated carbocycles. The van der Waals surface area contributed by atoms with Gasteiger partial charge in [0.05, 0.1) is 33.0 Å². The number of rotatable bonds is 12. The van der Waals surface area contributed by atoms with Crippen molar-refractivity contribution in [2.45, 2.75) is 6.92 Å². The van der Waals surface area contributed by atoms with Crippen LogP contribution in [0.3, 0.4) is 0 Å². The van der Waals surface area contributed by atoms with E-state index in [0.717, 1.165) is 0 Å². The van der Waals surface area contributed by atoms with Crippen LogP contribution in [0.2, 0.25) is 0 Å². The van der Waals surface area contributed by atoms with Crippen LogP contribution in [0.25, 0.3) is 0 Å². The van der Waals surface area contributed by atoms with Gasteiger partial charge in [-0.15, -0.1) is 13.2 Å². The number of aliphatic hydroxyl groups is 1. The first-order valence-electron chi connectivity index (χ1n) is 7.46. The van der Waals surface area contributed by atoms with Crippen LogP contribution in [0.5, 0.6) is 0 Å². The predicted molar refractivity (Wildman–Crippen MR) is 84.3 cm³/mol. The summed E-state index contributed by atoms with van der Waals surface area (Å²) in [7, 11) is -0.707. The Labute approximate surface area is 133 Å². The molecule has 0 aliphatic carbocycles. The minimum Gasteiger partial charge on any atom is -0.396 e. The minimum absolute atomic E-state index is 0.0467. The topological polar surface area (TPSA) is 66.4 Å². The molecule has 126 valence electrons. The Kier molecular flexibility index (Phi) is 9.62. The lowest BCUT2D eigenvalue weighted by molar-refractivity contribution is -0.0464. The maximum absolute atomic E-state index is 9.48. The Morgan fingerprint density at radius 1 is 1.18 bits per heavy atom. The molecule has 1 rings (SSSR count). The lowest BCUT2D eigenvalue weighted by Gasteiger charge is -2.30. The molecule has 1 saturated heterocycles. The quantitative estimate of drug-likeness (QED) is 0.330. The second-order valence-corrected chi connectivity index (χ2v) is 5.73. The zero-order valence-electron chi connectivity index (χ0n) is 13.4. The Bertz CT molecular complexity index is 319. The zero-order valence-corrected chi connectivity index (χ0v) is 13.4. The van der Waals surface area contributed by atoms with E-state index in [4.69, 9.17) is 23.4 Å². The van der Waals surface area contributed by atoms with Crippen LogP contribution in [0.1, 0.15) is 6.92 Å². The van der Waals surface area contributed by atoms with Crippen LogP contribution in [0.4, 0.5) is 0 Å². The molecule has 6 nitrogen and oxygen atoms in total. The van der Waals surface area contributed by atoms with Crippen LogP contribution in [-0.4, -0.2) is 65.3 Å². The van der Waals surface area contributed by atoms with E-state index in [1.54, 1.807) is 12.2 Å². The van der Waals surface area contributed by atoms with Gasteiger partial charge in [-0.3, -0.25) is 0 Å². The summed E-state index contributed by atoms with van der Waals surface area (Å²) in [5.74, 6) is 0.194. The fraction of sp³-hybridized carbons (Fsp3) is 0.733. The molecular weight excluding hydrogens is 287 g/mol. The molecular formula is C15H27BO6. The molecule has 1 heterocycles. The predicted octanol–water partition coefficient (Wildman–Crippen LogP) is 1.05. The summed E-state index contributed by atoms with van der Waals surface area (Å²) in [6.07, 6.45) is 3.38. The van der Waals surface area contributed by atoms with Gasteiger partial charge >= 0.3 is 7.32 Å². The third-order valence-corrected chi connectivity index (χ3v) is 3.16. The maximum atomic E-state index is 9.48. The summed E-state index contributed by atoms with van der Waals surface area (Å²) in [4.78, 5) is 0. The van der Waals surface area contributed by atoms with Gasteiger partial charge < -0.3 is 28.5 Å². The standard InChI is InChI=1S/C15H27BO6/c1-4-6-18-8-14-9-20-16(21-10-14)22-13-15(3,11-17)12-19-7-5-2/h4-5,14,17H,1-2,6-13H2,3H3. The van der Waals surface area contributed by atoms with E-state index >= 15 is 0 Å². The van der Waals surface area contributed by atoms with Gasteiger partial charge in [0.15, 0.2) is 0 Å². The zero-order chi connectivity index (χ0) is 16.3. The van der Waals surface area contributed by atoms with Crippen molar-refractivity contribution in [3.63, 3.8) is 0 Å². The second kappa shape index (κ2) is 10.9. The third kappa shape index (κ3) is 7.53. The SMILES string of the molecule is C=CCOCC1COB(OCC(C)(CO)COCC=C)OC1. The summed E-state index contributed by atoms with van der Waals surface area (Å²) in [6, 6.07) is 0. The molecule has 0 amide bonds. The van der Waals surface area contributed by atoms with Crippen molar-refractivity contribution in [1.82, 2.24) is 0 Å².